The fraction of sp³-hybridized carbons (Fsp3) is 0.833. The van der Waals surface area contributed by atoms with Crippen LogP contribution in [-0.4, -0.2) is 34.9 Å². The van der Waals surface area contributed by atoms with Gasteiger partial charge in [-0.3, -0.25) is 4.79 Å². The number of hydrogen-bond donors (Lipinski definition) is 2. The molecular formula is C12H23N3O2. The molecule has 1 aliphatic heterocycles. The molecule has 5 heteroatoms. The minimum Gasteiger partial charge on any atom is -0.409 e. The molecule has 1 rings (SSSR count). The molecule has 1 amide bonds. The van der Waals surface area contributed by atoms with Gasteiger partial charge < -0.3 is 15.8 Å². The van der Waals surface area contributed by atoms with Crippen LogP contribution in [0, 0.1) is 17.8 Å². The van der Waals surface area contributed by atoms with Crippen molar-refractivity contribution in [3.05, 3.63) is 0 Å². The number of rotatable bonds is 4. The number of nitrogens with two attached hydrogens (primary N) is 1. The molecule has 0 aliphatic carbocycles. The number of nitrogens with zero attached hydrogens (tertiary/aromatic N) is 2. The Labute approximate surface area is 103 Å². The molecule has 0 radical (unpaired) electrons. The van der Waals surface area contributed by atoms with Gasteiger partial charge in [0.1, 0.15) is 0 Å². The van der Waals surface area contributed by atoms with E-state index in [4.69, 9.17) is 10.9 Å². The summed E-state index contributed by atoms with van der Waals surface area (Å²) in [6.07, 6.45) is 1.47. The second-order valence-corrected chi connectivity index (χ2v) is 5.06. The van der Waals surface area contributed by atoms with Gasteiger partial charge in [-0.2, -0.15) is 0 Å². The van der Waals surface area contributed by atoms with Crippen molar-refractivity contribution in [3.8, 4) is 0 Å². The third kappa shape index (κ3) is 3.11. The average molecular weight is 241 g/mol. The van der Waals surface area contributed by atoms with Gasteiger partial charge in [0.2, 0.25) is 5.91 Å². The molecule has 98 valence electrons. The SMILES string of the molecule is CCCC(C(=O)N1CC(C)C(C)C1)C(N)=NO. The fourth-order valence-corrected chi connectivity index (χ4v) is 2.29. The van der Waals surface area contributed by atoms with E-state index < -0.39 is 5.92 Å². The van der Waals surface area contributed by atoms with E-state index in [1.165, 1.54) is 0 Å². The highest BCUT2D eigenvalue weighted by atomic mass is 16.4. The van der Waals surface area contributed by atoms with Gasteiger partial charge in [-0.25, -0.2) is 0 Å². The van der Waals surface area contributed by atoms with Crippen molar-refractivity contribution in [1.82, 2.24) is 4.90 Å². The van der Waals surface area contributed by atoms with E-state index in [1.54, 1.807) is 0 Å². The van der Waals surface area contributed by atoms with Crippen LogP contribution in [0.5, 0.6) is 0 Å². The van der Waals surface area contributed by atoms with Crippen molar-refractivity contribution in [3.63, 3.8) is 0 Å². The second kappa shape index (κ2) is 5.89. The number of likely N-dealkylation sites (tertiary alicyclic amines) is 1. The lowest BCUT2D eigenvalue weighted by Crippen LogP contribution is -2.41. The maximum absolute atomic E-state index is 12.3. The van der Waals surface area contributed by atoms with Gasteiger partial charge >= 0.3 is 0 Å². The van der Waals surface area contributed by atoms with E-state index >= 15 is 0 Å². The van der Waals surface area contributed by atoms with Gasteiger partial charge in [-0.05, 0) is 18.3 Å². The Morgan fingerprint density at radius 3 is 2.41 bits per heavy atom. The van der Waals surface area contributed by atoms with Crippen LogP contribution in [-0.2, 0) is 4.79 Å². The molecule has 0 spiro atoms. The lowest BCUT2D eigenvalue weighted by molar-refractivity contribution is -0.132. The first-order valence-electron chi connectivity index (χ1n) is 6.27. The molecule has 3 unspecified atom stereocenters. The summed E-state index contributed by atoms with van der Waals surface area (Å²) in [6.45, 7) is 7.84. The summed E-state index contributed by atoms with van der Waals surface area (Å²) in [5, 5.41) is 11.7. The van der Waals surface area contributed by atoms with Crippen LogP contribution in [0.4, 0.5) is 0 Å². The summed E-state index contributed by atoms with van der Waals surface area (Å²) in [7, 11) is 0. The van der Waals surface area contributed by atoms with Crippen LogP contribution in [0.15, 0.2) is 5.16 Å². The third-order valence-electron chi connectivity index (χ3n) is 3.65. The summed E-state index contributed by atoms with van der Waals surface area (Å²) in [6, 6.07) is 0. The van der Waals surface area contributed by atoms with E-state index in [1.807, 2.05) is 11.8 Å². The largest absolute Gasteiger partial charge is 0.409 e. The Hall–Kier alpha value is -1.26. The Morgan fingerprint density at radius 1 is 1.47 bits per heavy atom. The molecule has 1 fully saturated rings. The monoisotopic (exact) mass is 241 g/mol. The van der Waals surface area contributed by atoms with Crippen LogP contribution in [0.25, 0.3) is 0 Å². The quantitative estimate of drug-likeness (QED) is 0.336. The van der Waals surface area contributed by atoms with Crippen molar-refractivity contribution < 1.29 is 10.0 Å². The highest BCUT2D eigenvalue weighted by Gasteiger charge is 2.34. The number of oxime groups is 1. The molecule has 0 aromatic heterocycles. The molecule has 17 heavy (non-hydrogen) atoms. The van der Waals surface area contributed by atoms with Crippen LogP contribution in [0.2, 0.25) is 0 Å². The number of hydrogen-bond acceptors (Lipinski definition) is 3. The summed E-state index contributed by atoms with van der Waals surface area (Å²) in [5.41, 5.74) is 5.59. The smallest absolute Gasteiger partial charge is 0.233 e. The van der Waals surface area contributed by atoms with Crippen molar-refractivity contribution in [1.29, 1.82) is 0 Å². The highest BCUT2D eigenvalue weighted by Crippen LogP contribution is 2.24. The molecular weight excluding hydrogens is 218 g/mol. The predicted octanol–water partition coefficient (Wildman–Crippen LogP) is 1.26. The van der Waals surface area contributed by atoms with Gasteiger partial charge in [-0.15, -0.1) is 0 Å². The van der Waals surface area contributed by atoms with Gasteiger partial charge in [0.25, 0.3) is 0 Å². The molecule has 1 heterocycles. The Kier molecular flexibility index (Phi) is 4.78. The first-order chi connectivity index (χ1) is 8.01. The zero-order chi connectivity index (χ0) is 13.0. The van der Waals surface area contributed by atoms with Gasteiger partial charge in [0.15, 0.2) is 5.84 Å². The van der Waals surface area contributed by atoms with Gasteiger partial charge in [0.05, 0.1) is 5.92 Å². The minimum absolute atomic E-state index is 0.00153. The van der Waals surface area contributed by atoms with Crippen molar-refractivity contribution in [2.75, 3.05) is 13.1 Å². The molecule has 1 saturated heterocycles. The van der Waals surface area contributed by atoms with E-state index in [-0.39, 0.29) is 11.7 Å². The molecule has 3 atom stereocenters. The lowest BCUT2D eigenvalue weighted by atomic mass is 10.0. The highest BCUT2D eigenvalue weighted by molar-refractivity contribution is 6.02. The first kappa shape index (κ1) is 13.8. The zero-order valence-electron chi connectivity index (χ0n) is 10.9. The standard InChI is InChI=1S/C12H23N3O2/c1-4-5-10(11(13)14-17)12(16)15-6-8(2)9(3)7-15/h8-10,17H,4-7H2,1-3H3,(H2,13,14). The van der Waals surface area contributed by atoms with Crippen molar-refractivity contribution >= 4 is 11.7 Å². The molecule has 3 N–H and O–H groups in total. The minimum atomic E-state index is -0.470. The Balaban J connectivity index is 2.72. The van der Waals surface area contributed by atoms with Crippen molar-refractivity contribution in [2.24, 2.45) is 28.6 Å². The molecule has 1 aliphatic rings. The van der Waals surface area contributed by atoms with Crippen LogP contribution in [0.1, 0.15) is 33.6 Å². The average Bonchev–Trinajstić information content (AvgIpc) is 2.65. The lowest BCUT2D eigenvalue weighted by Gasteiger charge is -2.22. The maximum Gasteiger partial charge on any atom is 0.233 e. The van der Waals surface area contributed by atoms with E-state index in [9.17, 15) is 4.79 Å². The third-order valence-corrected chi connectivity index (χ3v) is 3.65. The topological polar surface area (TPSA) is 78.9 Å². The fourth-order valence-electron chi connectivity index (χ4n) is 2.29. The summed E-state index contributed by atoms with van der Waals surface area (Å²) in [4.78, 5) is 14.1. The molecule has 5 nitrogen and oxygen atoms in total. The molecule has 0 saturated carbocycles. The van der Waals surface area contributed by atoms with Crippen LogP contribution in [0.3, 0.4) is 0 Å². The van der Waals surface area contributed by atoms with E-state index in [0.717, 1.165) is 19.5 Å². The van der Waals surface area contributed by atoms with Crippen molar-refractivity contribution in [2.45, 2.75) is 33.6 Å². The first-order valence-corrected chi connectivity index (χ1v) is 6.27. The zero-order valence-corrected chi connectivity index (χ0v) is 10.9. The molecule has 0 bridgehead atoms. The summed E-state index contributed by atoms with van der Waals surface area (Å²) >= 11 is 0. The second-order valence-electron chi connectivity index (χ2n) is 5.06. The number of carbonyl (C=O) groups is 1. The maximum atomic E-state index is 12.3. The normalized spacial score (nSPS) is 27.2. The number of carbonyl (C=O) groups excluding carboxylic acids is 1. The van der Waals surface area contributed by atoms with Crippen LogP contribution >= 0.6 is 0 Å². The summed E-state index contributed by atoms with van der Waals surface area (Å²) in [5.74, 6) is 0.604. The Bertz CT molecular complexity index is 294. The van der Waals surface area contributed by atoms with E-state index in [0.29, 0.717) is 18.3 Å². The van der Waals surface area contributed by atoms with Gasteiger partial charge in [-0.1, -0.05) is 32.3 Å². The molecule has 0 aromatic rings. The summed E-state index contributed by atoms with van der Waals surface area (Å²) < 4.78 is 0. The predicted molar refractivity (Wildman–Crippen MR) is 66.7 cm³/mol. The Morgan fingerprint density at radius 2 is 2.00 bits per heavy atom. The number of amidine groups is 1. The van der Waals surface area contributed by atoms with Gasteiger partial charge in [0, 0.05) is 13.1 Å². The molecule has 0 aromatic carbocycles. The van der Waals surface area contributed by atoms with Crippen LogP contribution < -0.4 is 5.73 Å². The van der Waals surface area contributed by atoms with E-state index in [2.05, 4.69) is 19.0 Å². The number of amides is 1.